The van der Waals surface area contributed by atoms with E-state index < -0.39 is 0 Å². The molecule has 0 amide bonds. The lowest BCUT2D eigenvalue weighted by Gasteiger charge is -2.17. The lowest BCUT2D eigenvalue weighted by molar-refractivity contribution is 0.510. The number of nitrogens with one attached hydrogen (secondary N) is 1. The fourth-order valence-electron chi connectivity index (χ4n) is 1.80. The number of rotatable bonds is 5. The van der Waals surface area contributed by atoms with Crippen molar-refractivity contribution in [1.29, 1.82) is 0 Å². The van der Waals surface area contributed by atoms with Crippen molar-refractivity contribution in [3.8, 4) is 0 Å². The molecule has 2 aromatic heterocycles. The van der Waals surface area contributed by atoms with Gasteiger partial charge in [-0.3, -0.25) is 9.67 Å². The first-order chi connectivity index (χ1) is 7.81. The predicted octanol–water partition coefficient (Wildman–Crippen LogP) is 1.77. The molecule has 86 valence electrons. The van der Waals surface area contributed by atoms with Gasteiger partial charge in [0.1, 0.15) is 0 Å². The molecule has 0 radical (unpaired) electrons. The van der Waals surface area contributed by atoms with E-state index in [-0.39, 0.29) is 0 Å². The molecule has 0 saturated heterocycles. The molecule has 0 aromatic carbocycles. The monoisotopic (exact) mass is 236 g/mol. The van der Waals surface area contributed by atoms with Crippen LogP contribution in [0.2, 0.25) is 0 Å². The molecule has 0 aliphatic carbocycles. The van der Waals surface area contributed by atoms with Gasteiger partial charge in [0.25, 0.3) is 0 Å². The molecule has 0 fully saturated rings. The minimum absolute atomic E-state index is 0.318. The molecule has 0 aliphatic rings. The van der Waals surface area contributed by atoms with Crippen LogP contribution in [0.25, 0.3) is 0 Å². The molecule has 1 N–H and O–H groups in total. The standard InChI is InChI=1S/C11H16N4S/c1-3-13-10(6-9-7-12-8-16-9)11-4-5-14-15(11)2/h4-5,7-8,10,13H,3,6H2,1-2H3. The van der Waals surface area contributed by atoms with E-state index in [4.69, 9.17) is 0 Å². The van der Waals surface area contributed by atoms with E-state index >= 15 is 0 Å². The van der Waals surface area contributed by atoms with Crippen LogP contribution in [0, 0.1) is 0 Å². The van der Waals surface area contributed by atoms with Crippen molar-refractivity contribution >= 4 is 11.3 Å². The molecule has 1 atom stereocenters. The van der Waals surface area contributed by atoms with Crippen LogP contribution in [0.5, 0.6) is 0 Å². The highest BCUT2D eigenvalue weighted by atomic mass is 32.1. The second-order valence-corrected chi connectivity index (χ2v) is 4.63. The van der Waals surface area contributed by atoms with Gasteiger partial charge in [-0.25, -0.2) is 0 Å². The van der Waals surface area contributed by atoms with E-state index in [1.165, 1.54) is 10.6 Å². The van der Waals surface area contributed by atoms with Crippen LogP contribution < -0.4 is 5.32 Å². The fraction of sp³-hybridized carbons (Fsp3) is 0.455. The second-order valence-electron chi connectivity index (χ2n) is 3.66. The zero-order valence-corrected chi connectivity index (χ0v) is 10.4. The molecule has 4 nitrogen and oxygen atoms in total. The van der Waals surface area contributed by atoms with Crippen LogP contribution in [0.4, 0.5) is 0 Å². The summed E-state index contributed by atoms with van der Waals surface area (Å²) < 4.78 is 1.92. The average molecular weight is 236 g/mol. The van der Waals surface area contributed by atoms with E-state index in [2.05, 4.69) is 28.4 Å². The Morgan fingerprint density at radius 3 is 3.00 bits per heavy atom. The minimum Gasteiger partial charge on any atom is -0.309 e. The number of nitrogens with zero attached hydrogens (tertiary/aromatic N) is 3. The van der Waals surface area contributed by atoms with Gasteiger partial charge in [-0.2, -0.15) is 5.10 Å². The quantitative estimate of drug-likeness (QED) is 0.860. The van der Waals surface area contributed by atoms with Crippen LogP contribution in [0.3, 0.4) is 0 Å². The third-order valence-corrected chi connectivity index (χ3v) is 3.36. The number of thiazole rings is 1. The second kappa shape index (κ2) is 5.23. The smallest absolute Gasteiger partial charge is 0.0794 e. The van der Waals surface area contributed by atoms with Crippen LogP contribution in [0.1, 0.15) is 23.5 Å². The number of aryl methyl sites for hydroxylation is 1. The molecular formula is C11H16N4S. The molecule has 5 heteroatoms. The highest BCUT2D eigenvalue weighted by Crippen LogP contribution is 2.19. The van der Waals surface area contributed by atoms with Gasteiger partial charge in [0.2, 0.25) is 0 Å². The number of aromatic nitrogens is 3. The third-order valence-electron chi connectivity index (χ3n) is 2.56. The van der Waals surface area contributed by atoms with E-state index in [1.807, 2.05) is 29.6 Å². The fourth-order valence-corrected chi connectivity index (χ4v) is 2.44. The molecule has 2 rings (SSSR count). The first-order valence-electron chi connectivity index (χ1n) is 5.40. The van der Waals surface area contributed by atoms with E-state index in [1.54, 1.807) is 11.3 Å². The van der Waals surface area contributed by atoms with Gasteiger partial charge in [0.15, 0.2) is 0 Å². The summed E-state index contributed by atoms with van der Waals surface area (Å²) in [5, 5.41) is 7.70. The van der Waals surface area contributed by atoms with Crippen molar-refractivity contribution in [2.75, 3.05) is 6.54 Å². The van der Waals surface area contributed by atoms with Crippen molar-refractivity contribution in [3.05, 3.63) is 34.5 Å². The average Bonchev–Trinajstić information content (AvgIpc) is 2.88. The van der Waals surface area contributed by atoms with E-state index in [0.717, 1.165) is 13.0 Å². The van der Waals surface area contributed by atoms with Crippen molar-refractivity contribution in [2.45, 2.75) is 19.4 Å². The number of hydrogen-bond donors (Lipinski definition) is 1. The van der Waals surface area contributed by atoms with Gasteiger partial charge >= 0.3 is 0 Å². The summed E-state index contributed by atoms with van der Waals surface area (Å²) in [4.78, 5) is 5.41. The summed E-state index contributed by atoms with van der Waals surface area (Å²) >= 11 is 1.70. The third kappa shape index (κ3) is 2.48. The first-order valence-corrected chi connectivity index (χ1v) is 6.28. The van der Waals surface area contributed by atoms with Crippen LogP contribution in [-0.2, 0) is 13.5 Å². The van der Waals surface area contributed by atoms with Gasteiger partial charge in [-0.15, -0.1) is 11.3 Å². The van der Waals surface area contributed by atoms with Gasteiger partial charge in [-0.1, -0.05) is 6.92 Å². The molecular weight excluding hydrogens is 220 g/mol. The summed E-state index contributed by atoms with van der Waals surface area (Å²) in [6.07, 6.45) is 4.75. The predicted molar refractivity (Wildman–Crippen MR) is 65.4 cm³/mol. The Kier molecular flexibility index (Phi) is 3.69. The lowest BCUT2D eigenvalue weighted by atomic mass is 10.1. The van der Waals surface area contributed by atoms with Crippen molar-refractivity contribution in [2.24, 2.45) is 7.05 Å². The lowest BCUT2D eigenvalue weighted by Crippen LogP contribution is -2.24. The molecule has 0 bridgehead atoms. The van der Waals surface area contributed by atoms with Gasteiger partial charge < -0.3 is 5.32 Å². The van der Waals surface area contributed by atoms with Crippen LogP contribution in [0.15, 0.2) is 24.0 Å². The van der Waals surface area contributed by atoms with E-state index in [9.17, 15) is 0 Å². The Balaban J connectivity index is 2.14. The van der Waals surface area contributed by atoms with Crippen molar-refractivity contribution < 1.29 is 0 Å². The number of hydrogen-bond acceptors (Lipinski definition) is 4. The summed E-state index contributed by atoms with van der Waals surface area (Å²) in [5.74, 6) is 0. The Morgan fingerprint density at radius 1 is 1.56 bits per heavy atom. The molecule has 0 aliphatic heterocycles. The highest BCUT2D eigenvalue weighted by Gasteiger charge is 2.14. The SMILES string of the molecule is CCNC(Cc1cncs1)c1ccnn1C. The number of likely N-dealkylation sites (N-methyl/N-ethyl adjacent to an activating group) is 1. The molecule has 16 heavy (non-hydrogen) atoms. The van der Waals surface area contributed by atoms with Crippen molar-refractivity contribution in [1.82, 2.24) is 20.1 Å². The Labute approximate surface area is 99.3 Å². The first kappa shape index (κ1) is 11.3. The largest absolute Gasteiger partial charge is 0.309 e. The van der Waals surface area contributed by atoms with Crippen LogP contribution in [-0.4, -0.2) is 21.3 Å². The zero-order valence-electron chi connectivity index (χ0n) is 9.55. The summed E-state index contributed by atoms with van der Waals surface area (Å²) in [6, 6.07) is 2.38. The summed E-state index contributed by atoms with van der Waals surface area (Å²) in [6.45, 7) is 3.07. The Morgan fingerprint density at radius 2 is 2.44 bits per heavy atom. The zero-order chi connectivity index (χ0) is 11.4. The summed E-state index contributed by atoms with van der Waals surface area (Å²) in [7, 11) is 1.98. The molecule has 2 aromatic rings. The van der Waals surface area contributed by atoms with Crippen molar-refractivity contribution in [3.63, 3.8) is 0 Å². The maximum atomic E-state index is 4.21. The molecule has 1 unspecified atom stereocenters. The summed E-state index contributed by atoms with van der Waals surface area (Å²) in [5.41, 5.74) is 3.09. The minimum atomic E-state index is 0.318. The van der Waals surface area contributed by atoms with Gasteiger partial charge in [0, 0.05) is 30.7 Å². The molecule has 2 heterocycles. The maximum Gasteiger partial charge on any atom is 0.0794 e. The Bertz CT molecular complexity index is 421. The molecule has 0 spiro atoms. The maximum absolute atomic E-state index is 4.21. The van der Waals surface area contributed by atoms with Gasteiger partial charge in [0.05, 0.1) is 17.2 Å². The Hall–Kier alpha value is -1.20. The normalized spacial score (nSPS) is 12.9. The highest BCUT2D eigenvalue weighted by molar-refractivity contribution is 7.09. The van der Waals surface area contributed by atoms with Gasteiger partial charge in [-0.05, 0) is 12.6 Å². The molecule has 0 saturated carbocycles. The van der Waals surface area contributed by atoms with Crippen LogP contribution >= 0.6 is 11.3 Å². The topological polar surface area (TPSA) is 42.7 Å². The van der Waals surface area contributed by atoms with E-state index in [0.29, 0.717) is 6.04 Å².